The minimum atomic E-state index is -0.268. The number of nitrogens with zero attached hydrogens (tertiary/aromatic N) is 1. The molecule has 2 saturated heterocycles. The summed E-state index contributed by atoms with van der Waals surface area (Å²) >= 11 is 0. The Bertz CT molecular complexity index is 331. The predicted octanol–water partition coefficient (Wildman–Crippen LogP) is 2.38. The van der Waals surface area contributed by atoms with Crippen LogP contribution in [0.15, 0.2) is 0 Å². The Hall–Kier alpha value is -0.160. The number of ether oxygens (including phenoxy) is 2. The minimum Gasteiger partial charge on any atom is -0.347 e. The Kier molecular flexibility index (Phi) is 5.20. The monoisotopic (exact) mass is 296 g/mol. The van der Waals surface area contributed by atoms with Crippen LogP contribution in [0.3, 0.4) is 0 Å². The van der Waals surface area contributed by atoms with E-state index in [1.165, 1.54) is 38.8 Å². The van der Waals surface area contributed by atoms with Crippen LogP contribution in [0.2, 0.25) is 0 Å². The maximum Gasteiger partial charge on any atom is 0.170 e. The van der Waals surface area contributed by atoms with Gasteiger partial charge >= 0.3 is 0 Å². The molecule has 2 aliphatic heterocycles. The van der Waals surface area contributed by atoms with Crippen molar-refractivity contribution in [1.29, 1.82) is 0 Å². The third kappa shape index (κ3) is 3.44. The topological polar surface area (TPSA) is 33.7 Å². The van der Waals surface area contributed by atoms with E-state index in [1.54, 1.807) is 0 Å². The Morgan fingerprint density at radius 3 is 2.71 bits per heavy atom. The molecule has 4 nitrogen and oxygen atoms in total. The SMILES string of the molecule is CCNC1CCC2(CC1N1CCCC(CC)C1)OCCO2. The molecule has 0 radical (unpaired) electrons. The summed E-state index contributed by atoms with van der Waals surface area (Å²) in [7, 11) is 0. The number of piperidine rings is 1. The lowest BCUT2D eigenvalue weighted by Crippen LogP contribution is -2.59. The highest BCUT2D eigenvalue weighted by Gasteiger charge is 2.47. The van der Waals surface area contributed by atoms with E-state index in [2.05, 4.69) is 24.1 Å². The van der Waals surface area contributed by atoms with Crippen molar-refractivity contribution >= 4 is 0 Å². The van der Waals surface area contributed by atoms with Gasteiger partial charge in [-0.2, -0.15) is 0 Å². The fraction of sp³-hybridized carbons (Fsp3) is 1.00. The number of rotatable bonds is 4. The zero-order valence-corrected chi connectivity index (χ0v) is 13.8. The molecule has 0 aromatic rings. The van der Waals surface area contributed by atoms with Crippen LogP contribution in [-0.2, 0) is 9.47 Å². The summed E-state index contributed by atoms with van der Waals surface area (Å²) in [6, 6.07) is 1.18. The highest BCUT2D eigenvalue weighted by atomic mass is 16.7. The van der Waals surface area contributed by atoms with Crippen molar-refractivity contribution in [1.82, 2.24) is 10.2 Å². The smallest absolute Gasteiger partial charge is 0.170 e. The van der Waals surface area contributed by atoms with Crippen molar-refractivity contribution in [2.24, 2.45) is 5.92 Å². The van der Waals surface area contributed by atoms with Crippen molar-refractivity contribution in [3.05, 3.63) is 0 Å². The maximum absolute atomic E-state index is 6.01. The lowest BCUT2D eigenvalue weighted by atomic mass is 9.82. The van der Waals surface area contributed by atoms with Gasteiger partial charge in [-0.05, 0) is 38.3 Å². The van der Waals surface area contributed by atoms with Crippen LogP contribution in [0.4, 0.5) is 0 Å². The van der Waals surface area contributed by atoms with Gasteiger partial charge in [0.2, 0.25) is 0 Å². The Balaban J connectivity index is 1.70. The van der Waals surface area contributed by atoms with E-state index in [1.807, 2.05) is 0 Å². The number of likely N-dealkylation sites (tertiary alicyclic amines) is 1. The summed E-state index contributed by atoms with van der Waals surface area (Å²) in [6.07, 6.45) is 7.33. The first-order valence-electron chi connectivity index (χ1n) is 9.01. The van der Waals surface area contributed by atoms with Crippen molar-refractivity contribution in [2.75, 3.05) is 32.8 Å². The molecule has 21 heavy (non-hydrogen) atoms. The molecular weight excluding hydrogens is 264 g/mol. The van der Waals surface area contributed by atoms with Crippen LogP contribution in [0.1, 0.15) is 52.4 Å². The summed E-state index contributed by atoms with van der Waals surface area (Å²) < 4.78 is 12.0. The third-order valence-corrected chi connectivity index (χ3v) is 5.70. The molecule has 0 amide bonds. The van der Waals surface area contributed by atoms with Crippen molar-refractivity contribution < 1.29 is 9.47 Å². The van der Waals surface area contributed by atoms with Crippen LogP contribution < -0.4 is 5.32 Å². The quantitative estimate of drug-likeness (QED) is 0.863. The normalized spacial score (nSPS) is 37.1. The van der Waals surface area contributed by atoms with Gasteiger partial charge in [-0.15, -0.1) is 0 Å². The van der Waals surface area contributed by atoms with Crippen LogP contribution in [0.5, 0.6) is 0 Å². The van der Waals surface area contributed by atoms with Gasteiger partial charge in [0, 0.05) is 31.5 Å². The molecule has 3 unspecified atom stereocenters. The molecule has 3 fully saturated rings. The molecular formula is C17H32N2O2. The van der Waals surface area contributed by atoms with E-state index in [4.69, 9.17) is 9.47 Å². The van der Waals surface area contributed by atoms with Gasteiger partial charge in [0.15, 0.2) is 5.79 Å². The average Bonchev–Trinajstić information content (AvgIpc) is 2.98. The summed E-state index contributed by atoms with van der Waals surface area (Å²) in [4.78, 5) is 2.73. The average molecular weight is 296 g/mol. The fourth-order valence-electron chi connectivity index (χ4n) is 4.51. The van der Waals surface area contributed by atoms with E-state index in [-0.39, 0.29) is 5.79 Å². The summed E-state index contributed by atoms with van der Waals surface area (Å²) in [6.45, 7) is 9.67. The summed E-state index contributed by atoms with van der Waals surface area (Å²) in [5.74, 6) is 0.611. The van der Waals surface area contributed by atoms with Gasteiger partial charge in [0.25, 0.3) is 0 Å². The first kappa shape index (κ1) is 15.7. The zero-order chi connectivity index (χ0) is 14.7. The molecule has 122 valence electrons. The lowest BCUT2D eigenvalue weighted by molar-refractivity contribution is -0.194. The molecule has 1 saturated carbocycles. The van der Waals surface area contributed by atoms with Crippen LogP contribution in [0.25, 0.3) is 0 Å². The van der Waals surface area contributed by atoms with Gasteiger partial charge < -0.3 is 14.8 Å². The van der Waals surface area contributed by atoms with Gasteiger partial charge in [-0.3, -0.25) is 4.90 Å². The second-order valence-electron chi connectivity index (χ2n) is 6.99. The molecule has 1 N–H and O–H groups in total. The number of likely N-dealkylation sites (N-methyl/N-ethyl adjacent to an activating group) is 1. The van der Waals surface area contributed by atoms with E-state index < -0.39 is 0 Å². The van der Waals surface area contributed by atoms with Gasteiger partial charge in [0.1, 0.15) is 0 Å². The first-order valence-corrected chi connectivity index (χ1v) is 9.01. The number of hydrogen-bond donors (Lipinski definition) is 1. The zero-order valence-electron chi connectivity index (χ0n) is 13.8. The summed E-state index contributed by atoms with van der Waals surface area (Å²) in [5, 5.41) is 3.72. The highest BCUT2D eigenvalue weighted by Crippen LogP contribution is 2.39. The number of nitrogens with one attached hydrogen (secondary N) is 1. The second kappa shape index (κ2) is 6.95. The standard InChI is InChI=1S/C17H32N2O2/c1-3-14-6-5-9-19(13-14)16-12-17(20-10-11-21-17)8-7-15(16)18-4-2/h14-16,18H,3-13H2,1-2H3. The van der Waals surface area contributed by atoms with Gasteiger partial charge in [-0.25, -0.2) is 0 Å². The van der Waals surface area contributed by atoms with Crippen LogP contribution in [0, 0.1) is 5.92 Å². The molecule has 2 heterocycles. The first-order chi connectivity index (χ1) is 10.3. The van der Waals surface area contributed by atoms with Crippen molar-refractivity contribution in [3.8, 4) is 0 Å². The Morgan fingerprint density at radius 1 is 1.19 bits per heavy atom. The second-order valence-corrected chi connectivity index (χ2v) is 6.99. The number of hydrogen-bond acceptors (Lipinski definition) is 4. The fourth-order valence-corrected chi connectivity index (χ4v) is 4.51. The van der Waals surface area contributed by atoms with E-state index in [0.717, 1.165) is 38.5 Å². The van der Waals surface area contributed by atoms with Crippen LogP contribution in [-0.4, -0.2) is 55.6 Å². The van der Waals surface area contributed by atoms with E-state index >= 15 is 0 Å². The molecule has 1 aliphatic carbocycles. The van der Waals surface area contributed by atoms with Gasteiger partial charge in [0.05, 0.1) is 13.2 Å². The minimum absolute atomic E-state index is 0.268. The van der Waals surface area contributed by atoms with Crippen molar-refractivity contribution in [2.45, 2.75) is 70.2 Å². The molecule has 3 aliphatic rings. The lowest BCUT2D eigenvalue weighted by Gasteiger charge is -2.48. The maximum atomic E-state index is 6.01. The molecule has 0 aromatic heterocycles. The molecule has 0 bridgehead atoms. The Labute approximate surface area is 129 Å². The van der Waals surface area contributed by atoms with E-state index in [0.29, 0.717) is 12.1 Å². The van der Waals surface area contributed by atoms with Gasteiger partial charge in [-0.1, -0.05) is 20.3 Å². The largest absolute Gasteiger partial charge is 0.347 e. The van der Waals surface area contributed by atoms with E-state index in [9.17, 15) is 0 Å². The Morgan fingerprint density at radius 2 is 2.00 bits per heavy atom. The highest BCUT2D eigenvalue weighted by molar-refractivity contribution is 4.97. The molecule has 3 atom stereocenters. The molecule has 3 rings (SSSR count). The summed E-state index contributed by atoms with van der Waals surface area (Å²) in [5.41, 5.74) is 0. The predicted molar refractivity (Wildman–Crippen MR) is 84.3 cm³/mol. The van der Waals surface area contributed by atoms with Crippen molar-refractivity contribution in [3.63, 3.8) is 0 Å². The molecule has 4 heteroatoms. The van der Waals surface area contributed by atoms with Crippen LogP contribution >= 0.6 is 0 Å². The third-order valence-electron chi connectivity index (χ3n) is 5.70. The molecule has 0 aromatic carbocycles. The molecule has 1 spiro atoms.